The van der Waals surface area contributed by atoms with Crippen molar-refractivity contribution in [2.75, 3.05) is 12.4 Å². The summed E-state index contributed by atoms with van der Waals surface area (Å²) >= 11 is 0. The average Bonchev–Trinajstić information content (AvgIpc) is 2.95. The van der Waals surface area contributed by atoms with Crippen LogP contribution in [0.15, 0.2) is 22.7 Å². The SMILES string of the molecule is CNC(C)Cc1noc(-c2ccc3c(c2)CCC(=O)N3)n1.Cl. The van der Waals surface area contributed by atoms with Crippen LogP contribution in [-0.2, 0) is 17.6 Å². The first-order chi connectivity index (χ1) is 10.2. The smallest absolute Gasteiger partial charge is 0.257 e. The highest BCUT2D eigenvalue weighted by Gasteiger charge is 2.17. The molecule has 0 saturated carbocycles. The number of carbonyl (C=O) groups is 1. The lowest BCUT2D eigenvalue weighted by Gasteiger charge is -2.16. The van der Waals surface area contributed by atoms with E-state index < -0.39 is 0 Å². The van der Waals surface area contributed by atoms with Crippen LogP contribution in [0.5, 0.6) is 0 Å². The Morgan fingerprint density at radius 2 is 2.23 bits per heavy atom. The normalized spacial score (nSPS) is 14.7. The highest BCUT2D eigenvalue weighted by Crippen LogP contribution is 2.27. The predicted octanol–water partition coefficient (Wildman–Crippen LogP) is 2.19. The van der Waals surface area contributed by atoms with Gasteiger partial charge in [-0.3, -0.25) is 4.79 Å². The molecule has 22 heavy (non-hydrogen) atoms. The predicted molar refractivity (Wildman–Crippen MR) is 86.2 cm³/mol. The Balaban J connectivity index is 0.00000176. The second-order valence-electron chi connectivity index (χ2n) is 5.33. The van der Waals surface area contributed by atoms with E-state index in [0.717, 1.165) is 29.7 Å². The molecule has 0 radical (unpaired) electrons. The number of hydrogen-bond acceptors (Lipinski definition) is 5. The van der Waals surface area contributed by atoms with Crippen LogP contribution in [0.2, 0.25) is 0 Å². The number of rotatable bonds is 4. The molecule has 1 aliphatic heterocycles. The summed E-state index contributed by atoms with van der Waals surface area (Å²) in [5.74, 6) is 1.28. The van der Waals surface area contributed by atoms with E-state index in [1.807, 2.05) is 25.2 Å². The van der Waals surface area contributed by atoms with E-state index in [2.05, 4.69) is 27.7 Å². The number of benzene rings is 1. The van der Waals surface area contributed by atoms with Gasteiger partial charge in [0.2, 0.25) is 5.91 Å². The molecule has 7 heteroatoms. The number of nitrogens with zero attached hydrogens (tertiary/aromatic N) is 2. The molecule has 118 valence electrons. The van der Waals surface area contributed by atoms with Crippen molar-refractivity contribution in [3.05, 3.63) is 29.6 Å². The van der Waals surface area contributed by atoms with Crippen molar-refractivity contribution in [1.82, 2.24) is 15.5 Å². The van der Waals surface area contributed by atoms with Gasteiger partial charge >= 0.3 is 0 Å². The van der Waals surface area contributed by atoms with Crippen molar-refractivity contribution < 1.29 is 9.32 Å². The van der Waals surface area contributed by atoms with E-state index >= 15 is 0 Å². The lowest BCUT2D eigenvalue weighted by Crippen LogP contribution is -2.24. The van der Waals surface area contributed by atoms with Crippen molar-refractivity contribution >= 4 is 24.0 Å². The van der Waals surface area contributed by atoms with E-state index in [1.165, 1.54) is 0 Å². The van der Waals surface area contributed by atoms with Crippen molar-refractivity contribution in [2.45, 2.75) is 32.2 Å². The number of aryl methyl sites for hydroxylation is 1. The molecule has 1 amide bonds. The summed E-state index contributed by atoms with van der Waals surface area (Å²) in [6.07, 6.45) is 1.99. The van der Waals surface area contributed by atoms with Gasteiger partial charge in [0.1, 0.15) is 0 Å². The summed E-state index contributed by atoms with van der Waals surface area (Å²) in [4.78, 5) is 15.8. The third-order valence-electron chi connectivity index (χ3n) is 3.70. The number of likely N-dealkylation sites (N-methyl/N-ethyl adjacent to an activating group) is 1. The Morgan fingerprint density at radius 3 is 3.00 bits per heavy atom. The zero-order valence-electron chi connectivity index (χ0n) is 12.5. The van der Waals surface area contributed by atoms with E-state index in [4.69, 9.17) is 4.52 Å². The quantitative estimate of drug-likeness (QED) is 0.902. The lowest BCUT2D eigenvalue weighted by atomic mass is 10.0. The standard InChI is InChI=1S/C15H18N4O2.ClH/c1-9(16-2)7-13-18-15(21-19-13)11-3-5-12-10(8-11)4-6-14(20)17-12;/h3,5,8-9,16H,4,6-7H2,1-2H3,(H,17,20);1H. The fourth-order valence-electron chi connectivity index (χ4n) is 2.35. The van der Waals surface area contributed by atoms with Crippen molar-refractivity contribution in [3.63, 3.8) is 0 Å². The maximum Gasteiger partial charge on any atom is 0.257 e. The van der Waals surface area contributed by atoms with Crippen LogP contribution in [0.1, 0.15) is 24.7 Å². The molecule has 0 bridgehead atoms. The minimum absolute atomic E-state index is 0. The first-order valence-electron chi connectivity index (χ1n) is 7.08. The molecule has 1 unspecified atom stereocenters. The van der Waals surface area contributed by atoms with Gasteiger partial charge in [-0.05, 0) is 44.2 Å². The summed E-state index contributed by atoms with van der Waals surface area (Å²) < 4.78 is 5.33. The zero-order valence-corrected chi connectivity index (χ0v) is 13.4. The second-order valence-corrected chi connectivity index (χ2v) is 5.33. The van der Waals surface area contributed by atoms with Gasteiger partial charge in [-0.1, -0.05) is 5.16 Å². The molecule has 6 nitrogen and oxygen atoms in total. The lowest BCUT2D eigenvalue weighted by molar-refractivity contribution is -0.116. The molecule has 1 aromatic carbocycles. The maximum atomic E-state index is 11.4. The molecule has 0 spiro atoms. The molecular formula is C15H19ClN4O2. The number of hydrogen-bond donors (Lipinski definition) is 2. The Labute approximate surface area is 135 Å². The van der Waals surface area contributed by atoms with Crippen molar-refractivity contribution in [1.29, 1.82) is 0 Å². The largest absolute Gasteiger partial charge is 0.334 e. The van der Waals surface area contributed by atoms with Crippen LogP contribution in [0.25, 0.3) is 11.5 Å². The Hall–Kier alpha value is -1.92. The van der Waals surface area contributed by atoms with Crippen molar-refractivity contribution in [3.8, 4) is 11.5 Å². The number of nitrogens with one attached hydrogen (secondary N) is 2. The topological polar surface area (TPSA) is 80.0 Å². The zero-order chi connectivity index (χ0) is 14.8. The highest BCUT2D eigenvalue weighted by molar-refractivity contribution is 5.94. The number of aromatic nitrogens is 2. The van der Waals surface area contributed by atoms with Gasteiger partial charge in [-0.2, -0.15) is 4.98 Å². The molecule has 2 aromatic rings. The van der Waals surface area contributed by atoms with Crippen LogP contribution in [0.4, 0.5) is 5.69 Å². The average molecular weight is 323 g/mol. The number of fused-ring (bicyclic) bond motifs is 1. The van der Waals surface area contributed by atoms with Crippen LogP contribution >= 0.6 is 12.4 Å². The Bertz CT molecular complexity index is 671. The molecule has 3 rings (SSSR count). The minimum atomic E-state index is 0. The van der Waals surface area contributed by atoms with Crippen LogP contribution < -0.4 is 10.6 Å². The molecule has 1 atom stereocenters. The summed E-state index contributed by atoms with van der Waals surface area (Å²) in [6.45, 7) is 2.07. The van der Waals surface area contributed by atoms with E-state index in [9.17, 15) is 4.79 Å². The van der Waals surface area contributed by atoms with E-state index in [1.54, 1.807) is 0 Å². The molecule has 0 saturated heterocycles. The Morgan fingerprint density at radius 1 is 1.41 bits per heavy atom. The monoisotopic (exact) mass is 322 g/mol. The van der Waals surface area contributed by atoms with Gasteiger partial charge in [-0.15, -0.1) is 12.4 Å². The number of anilines is 1. The van der Waals surface area contributed by atoms with Gasteiger partial charge in [0.25, 0.3) is 5.89 Å². The molecule has 1 aliphatic rings. The molecule has 0 fully saturated rings. The molecule has 0 aliphatic carbocycles. The minimum Gasteiger partial charge on any atom is -0.334 e. The summed E-state index contributed by atoms with van der Waals surface area (Å²) in [6, 6.07) is 6.09. The first kappa shape index (κ1) is 16.5. The Kier molecular flexibility index (Phi) is 5.15. The third kappa shape index (κ3) is 3.45. The summed E-state index contributed by atoms with van der Waals surface area (Å²) in [5, 5.41) is 10.0. The van der Waals surface area contributed by atoms with E-state index in [-0.39, 0.29) is 18.3 Å². The van der Waals surface area contributed by atoms with Gasteiger partial charge in [0.05, 0.1) is 0 Å². The molecule has 2 heterocycles. The molecule has 2 N–H and O–H groups in total. The maximum absolute atomic E-state index is 11.4. The number of amides is 1. The summed E-state index contributed by atoms with van der Waals surface area (Å²) in [7, 11) is 1.91. The van der Waals surface area contributed by atoms with Crippen molar-refractivity contribution in [2.24, 2.45) is 0 Å². The highest BCUT2D eigenvalue weighted by atomic mass is 35.5. The number of halogens is 1. The van der Waals surface area contributed by atoms with Gasteiger partial charge < -0.3 is 15.2 Å². The second kappa shape index (κ2) is 6.89. The first-order valence-corrected chi connectivity index (χ1v) is 7.08. The third-order valence-corrected chi connectivity index (χ3v) is 3.70. The van der Waals surface area contributed by atoms with Crippen LogP contribution in [0, 0.1) is 0 Å². The van der Waals surface area contributed by atoms with E-state index in [0.29, 0.717) is 24.2 Å². The molecule has 1 aromatic heterocycles. The van der Waals surface area contributed by atoms with Gasteiger partial charge in [0.15, 0.2) is 5.82 Å². The van der Waals surface area contributed by atoms with Crippen LogP contribution in [0.3, 0.4) is 0 Å². The summed E-state index contributed by atoms with van der Waals surface area (Å²) in [5.41, 5.74) is 2.87. The number of carbonyl (C=O) groups excluding carboxylic acids is 1. The fraction of sp³-hybridized carbons (Fsp3) is 0.400. The van der Waals surface area contributed by atoms with Crippen LogP contribution in [-0.4, -0.2) is 29.1 Å². The van der Waals surface area contributed by atoms with Gasteiger partial charge in [-0.25, -0.2) is 0 Å². The molecular weight excluding hydrogens is 304 g/mol. The fourth-order valence-corrected chi connectivity index (χ4v) is 2.35. The van der Waals surface area contributed by atoms with Gasteiger partial charge in [0, 0.05) is 30.1 Å².